The maximum atomic E-state index is 12.8. The molecule has 0 saturated carbocycles. The molecular formula is C17H22N4O2S. The van der Waals surface area contributed by atoms with E-state index in [9.17, 15) is 4.79 Å². The van der Waals surface area contributed by atoms with Crippen molar-refractivity contribution in [3.05, 3.63) is 33.6 Å². The largest absolute Gasteiger partial charge is 0.339 e. The van der Waals surface area contributed by atoms with E-state index in [1.54, 1.807) is 0 Å². The van der Waals surface area contributed by atoms with E-state index in [1.165, 1.54) is 10.4 Å². The highest BCUT2D eigenvalue weighted by atomic mass is 32.1. The average Bonchev–Trinajstić information content (AvgIpc) is 3.32. The Kier molecular flexibility index (Phi) is 4.37. The van der Waals surface area contributed by atoms with Crippen LogP contribution in [0.2, 0.25) is 0 Å². The van der Waals surface area contributed by atoms with Crippen molar-refractivity contribution in [2.45, 2.75) is 45.2 Å². The second-order valence-electron chi connectivity index (χ2n) is 6.47. The fourth-order valence-electron chi connectivity index (χ4n) is 3.60. The Bertz CT molecular complexity index is 726. The molecule has 1 saturated heterocycles. The number of aromatic nitrogens is 2. The Hall–Kier alpha value is -1.73. The molecule has 1 amide bonds. The molecule has 24 heavy (non-hydrogen) atoms. The molecule has 1 fully saturated rings. The molecule has 0 unspecified atom stereocenters. The number of amides is 1. The molecule has 1 atom stereocenters. The van der Waals surface area contributed by atoms with E-state index in [4.69, 9.17) is 4.52 Å². The smallest absolute Gasteiger partial charge is 0.237 e. The number of likely N-dealkylation sites (tertiary alicyclic amines) is 1. The lowest BCUT2D eigenvalue weighted by molar-refractivity contribution is -0.133. The highest BCUT2D eigenvalue weighted by Gasteiger charge is 2.34. The SMILES string of the molecule is CCc1nc([C@H]2CCCN2C(=O)CN2CCc3sccc3C2)no1. The van der Waals surface area contributed by atoms with Gasteiger partial charge in [-0.05, 0) is 36.3 Å². The number of nitrogens with zero attached hydrogens (tertiary/aromatic N) is 4. The summed E-state index contributed by atoms with van der Waals surface area (Å²) in [4.78, 5) is 22.9. The average molecular weight is 346 g/mol. The second-order valence-corrected chi connectivity index (χ2v) is 7.48. The Balaban J connectivity index is 1.42. The summed E-state index contributed by atoms with van der Waals surface area (Å²) < 4.78 is 5.23. The van der Waals surface area contributed by atoms with E-state index >= 15 is 0 Å². The summed E-state index contributed by atoms with van der Waals surface area (Å²) in [6.07, 6.45) is 3.70. The van der Waals surface area contributed by atoms with Crippen molar-refractivity contribution in [1.82, 2.24) is 19.9 Å². The summed E-state index contributed by atoms with van der Waals surface area (Å²) in [5, 5.41) is 6.23. The van der Waals surface area contributed by atoms with E-state index in [0.29, 0.717) is 18.3 Å². The van der Waals surface area contributed by atoms with Crippen molar-refractivity contribution >= 4 is 17.2 Å². The van der Waals surface area contributed by atoms with Crippen LogP contribution < -0.4 is 0 Å². The van der Waals surface area contributed by atoms with Crippen molar-refractivity contribution in [3.63, 3.8) is 0 Å². The molecule has 4 rings (SSSR count). The van der Waals surface area contributed by atoms with Gasteiger partial charge in [0.2, 0.25) is 11.8 Å². The van der Waals surface area contributed by atoms with Crippen LogP contribution in [0.5, 0.6) is 0 Å². The topological polar surface area (TPSA) is 62.5 Å². The maximum absolute atomic E-state index is 12.8. The third-order valence-corrected chi connectivity index (χ3v) is 5.93. The molecule has 2 aliphatic rings. The van der Waals surface area contributed by atoms with Crippen LogP contribution in [0, 0.1) is 0 Å². The summed E-state index contributed by atoms with van der Waals surface area (Å²) >= 11 is 1.82. The zero-order chi connectivity index (χ0) is 16.5. The first kappa shape index (κ1) is 15.8. The number of hydrogen-bond donors (Lipinski definition) is 0. The van der Waals surface area contributed by atoms with Gasteiger partial charge in [0, 0.05) is 30.9 Å². The molecule has 0 radical (unpaired) electrons. The minimum atomic E-state index is -0.0250. The molecule has 2 aliphatic heterocycles. The van der Waals surface area contributed by atoms with Crippen LogP contribution in [0.4, 0.5) is 0 Å². The lowest BCUT2D eigenvalue weighted by Crippen LogP contribution is -2.41. The molecule has 7 heteroatoms. The monoisotopic (exact) mass is 346 g/mol. The number of rotatable bonds is 4. The highest BCUT2D eigenvalue weighted by molar-refractivity contribution is 7.10. The summed E-state index contributed by atoms with van der Waals surface area (Å²) in [7, 11) is 0. The van der Waals surface area contributed by atoms with E-state index < -0.39 is 0 Å². The highest BCUT2D eigenvalue weighted by Crippen LogP contribution is 2.31. The van der Waals surface area contributed by atoms with Gasteiger partial charge in [0.05, 0.1) is 12.6 Å². The van der Waals surface area contributed by atoms with Gasteiger partial charge >= 0.3 is 0 Å². The molecule has 2 aromatic rings. The third kappa shape index (κ3) is 2.98. The number of thiophene rings is 1. The number of hydrogen-bond acceptors (Lipinski definition) is 6. The molecule has 4 heterocycles. The minimum Gasteiger partial charge on any atom is -0.339 e. The standard InChI is InChI=1S/C17H22N4O2S/c1-2-15-18-17(19-23-15)13-4-3-7-21(13)16(22)11-20-8-5-14-12(10-20)6-9-24-14/h6,9,13H,2-5,7-8,10-11H2,1H3/t13-/m1/s1. The Morgan fingerprint density at radius 3 is 3.21 bits per heavy atom. The molecule has 0 bridgehead atoms. The summed E-state index contributed by atoms with van der Waals surface area (Å²) in [5.41, 5.74) is 1.38. The van der Waals surface area contributed by atoms with E-state index in [-0.39, 0.29) is 11.9 Å². The zero-order valence-electron chi connectivity index (χ0n) is 13.9. The molecular weight excluding hydrogens is 324 g/mol. The van der Waals surface area contributed by atoms with Gasteiger partial charge in [-0.1, -0.05) is 12.1 Å². The molecule has 6 nitrogen and oxygen atoms in total. The van der Waals surface area contributed by atoms with Gasteiger partial charge in [-0.25, -0.2) is 0 Å². The molecule has 0 aromatic carbocycles. The van der Waals surface area contributed by atoms with Crippen LogP contribution in [-0.4, -0.2) is 45.5 Å². The fourth-order valence-corrected chi connectivity index (χ4v) is 4.49. The minimum absolute atomic E-state index is 0.0250. The van der Waals surface area contributed by atoms with Gasteiger partial charge in [-0.2, -0.15) is 4.98 Å². The van der Waals surface area contributed by atoms with Gasteiger partial charge in [0.1, 0.15) is 0 Å². The Morgan fingerprint density at radius 1 is 1.46 bits per heavy atom. The second kappa shape index (κ2) is 6.64. The quantitative estimate of drug-likeness (QED) is 0.851. The van der Waals surface area contributed by atoms with Crippen LogP contribution in [0.1, 0.15) is 48.0 Å². The van der Waals surface area contributed by atoms with Gasteiger partial charge in [0.15, 0.2) is 5.82 Å². The fraction of sp³-hybridized carbons (Fsp3) is 0.588. The van der Waals surface area contributed by atoms with E-state index in [1.807, 2.05) is 23.2 Å². The van der Waals surface area contributed by atoms with Crippen LogP contribution in [-0.2, 0) is 24.2 Å². The number of carbonyl (C=O) groups excluding carboxylic acids is 1. The van der Waals surface area contributed by atoms with E-state index in [0.717, 1.165) is 45.3 Å². The number of carbonyl (C=O) groups is 1. The summed E-state index contributed by atoms with van der Waals surface area (Å²) in [6, 6.07) is 2.16. The maximum Gasteiger partial charge on any atom is 0.237 e. The molecule has 0 N–H and O–H groups in total. The predicted octanol–water partition coefficient (Wildman–Crippen LogP) is 2.42. The number of aryl methyl sites for hydroxylation is 1. The van der Waals surface area contributed by atoms with Crippen molar-refractivity contribution in [3.8, 4) is 0 Å². The van der Waals surface area contributed by atoms with Crippen LogP contribution in [0.15, 0.2) is 16.0 Å². The van der Waals surface area contributed by atoms with Crippen molar-refractivity contribution in [1.29, 1.82) is 0 Å². The lowest BCUT2D eigenvalue weighted by Gasteiger charge is -2.29. The Labute approximate surface area is 145 Å². The van der Waals surface area contributed by atoms with Crippen LogP contribution in [0.3, 0.4) is 0 Å². The third-order valence-electron chi connectivity index (χ3n) is 4.90. The van der Waals surface area contributed by atoms with Gasteiger partial charge in [0.25, 0.3) is 0 Å². The Morgan fingerprint density at radius 2 is 2.38 bits per heavy atom. The van der Waals surface area contributed by atoms with Crippen molar-refractivity contribution in [2.75, 3.05) is 19.6 Å². The molecule has 0 aliphatic carbocycles. The van der Waals surface area contributed by atoms with Crippen LogP contribution >= 0.6 is 11.3 Å². The van der Waals surface area contributed by atoms with Gasteiger partial charge < -0.3 is 9.42 Å². The first-order valence-corrected chi connectivity index (χ1v) is 9.52. The van der Waals surface area contributed by atoms with Crippen molar-refractivity contribution < 1.29 is 9.32 Å². The zero-order valence-corrected chi connectivity index (χ0v) is 14.7. The normalized spacial score (nSPS) is 21.2. The molecule has 128 valence electrons. The predicted molar refractivity (Wildman–Crippen MR) is 90.7 cm³/mol. The van der Waals surface area contributed by atoms with Crippen LogP contribution in [0.25, 0.3) is 0 Å². The summed E-state index contributed by atoms with van der Waals surface area (Å²) in [5.74, 6) is 1.49. The van der Waals surface area contributed by atoms with Gasteiger partial charge in [-0.3, -0.25) is 9.69 Å². The van der Waals surface area contributed by atoms with Crippen molar-refractivity contribution in [2.24, 2.45) is 0 Å². The first-order chi connectivity index (χ1) is 11.7. The molecule has 2 aromatic heterocycles. The molecule has 0 spiro atoms. The summed E-state index contributed by atoms with van der Waals surface area (Å²) in [6.45, 7) is 5.09. The first-order valence-electron chi connectivity index (χ1n) is 8.64. The van der Waals surface area contributed by atoms with E-state index in [2.05, 4.69) is 26.5 Å². The number of fused-ring (bicyclic) bond motifs is 1. The lowest BCUT2D eigenvalue weighted by atomic mass is 10.1. The van der Waals surface area contributed by atoms with Gasteiger partial charge in [-0.15, -0.1) is 11.3 Å².